The summed E-state index contributed by atoms with van der Waals surface area (Å²) in [6.07, 6.45) is 0. The Balaban J connectivity index is 1.75. The minimum Gasteiger partial charge on any atom is -0.267 e. The zero-order valence-electron chi connectivity index (χ0n) is 13.6. The van der Waals surface area contributed by atoms with E-state index in [9.17, 15) is 14.0 Å². The molecule has 2 amide bonds. The van der Waals surface area contributed by atoms with Gasteiger partial charge in [0.15, 0.2) is 0 Å². The molecule has 3 aromatic rings. The topological polar surface area (TPSA) is 84.0 Å². The average molecular weight is 338 g/mol. The summed E-state index contributed by atoms with van der Waals surface area (Å²) in [5.74, 6) is -1.94. The van der Waals surface area contributed by atoms with Gasteiger partial charge in [-0.3, -0.25) is 20.4 Å². The van der Waals surface area contributed by atoms with E-state index >= 15 is 0 Å². The van der Waals surface area contributed by atoms with Crippen LogP contribution >= 0.6 is 0 Å². The molecule has 0 radical (unpaired) electrons. The number of halogens is 1. The fourth-order valence-electron chi connectivity index (χ4n) is 2.27. The van der Waals surface area contributed by atoms with E-state index in [1.165, 1.54) is 24.3 Å². The highest BCUT2D eigenvalue weighted by molar-refractivity contribution is 6.00. The van der Waals surface area contributed by atoms with E-state index in [2.05, 4.69) is 20.8 Å². The molecule has 0 bridgehead atoms. The fourth-order valence-corrected chi connectivity index (χ4v) is 2.27. The average Bonchev–Trinajstić information content (AvgIpc) is 2.60. The van der Waals surface area contributed by atoms with E-state index in [0.29, 0.717) is 16.6 Å². The minimum atomic E-state index is -0.737. The molecular formula is C18H15FN4O2. The minimum absolute atomic E-state index is 0.154. The monoisotopic (exact) mass is 338 g/mol. The first-order valence-corrected chi connectivity index (χ1v) is 7.56. The van der Waals surface area contributed by atoms with Gasteiger partial charge in [0.1, 0.15) is 5.82 Å². The normalized spacial score (nSPS) is 10.5. The number of hydrazine groups is 1. The Morgan fingerprint density at radius 1 is 0.880 bits per heavy atom. The predicted molar refractivity (Wildman–Crippen MR) is 90.3 cm³/mol. The molecule has 2 aromatic carbocycles. The van der Waals surface area contributed by atoms with Crippen molar-refractivity contribution in [3.8, 4) is 0 Å². The molecule has 6 nitrogen and oxygen atoms in total. The molecule has 0 saturated heterocycles. The number of nitrogens with one attached hydrogen (secondary N) is 2. The van der Waals surface area contributed by atoms with Crippen molar-refractivity contribution in [3.63, 3.8) is 0 Å². The van der Waals surface area contributed by atoms with E-state index in [1.54, 1.807) is 18.2 Å². The number of fused-ring (bicyclic) bond motifs is 1. The lowest BCUT2D eigenvalue weighted by Crippen LogP contribution is -2.41. The van der Waals surface area contributed by atoms with Crippen LogP contribution in [0.3, 0.4) is 0 Å². The summed E-state index contributed by atoms with van der Waals surface area (Å²) in [6, 6.07) is 10.4. The summed E-state index contributed by atoms with van der Waals surface area (Å²) in [6.45, 7) is 3.70. The second-order valence-corrected chi connectivity index (χ2v) is 5.49. The first kappa shape index (κ1) is 16.5. The molecule has 126 valence electrons. The quantitative estimate of drug-likeness (QED) is 0.703. The van der Waals surface area contributed by atoms with E-state index in [-0.39, 0.29) is 5.56 Å². The maximum Gasteiger partial charge on any atom is 0.272 e. The fraction of sp³-hybridized carbons (Fsp3) is 0.111. The molecule has 3 rings (SSSR count). The molecule has 0 saturated carbocycles. The van der Waals surface area contributed by atoms with Gasteiger partial charge in [0, 0.05) is 5.56 Å². The van der Waals surface area contributed by atoms with Crippen LogP contribution in [0.1, 0.15) is 32.1 Å². The van der Waals surface area contributed by atoms with Gasteiger partial charge >= 0.3 is 0 Å². The molecule has 0 unspecified atom stereocenters. The Morgan fingerprint density at radius 2 is 1.52 bits per heavy atom. The van der Waals surface area contributed by atoms with Gasteiger partial charge in [0.2, 0.25) is 0 Å². The molecule has 0 fully saturated rings. The van der Waals surface area contributed by atoms with Crippen molar-refractivity contribution in [3.05, 3.63) is 70.8 Å². The van der Waals surface area contributed by atoms with E-state index < -0.39 is 17.6 Å². The number of aryl methyl sites for hydroxylation is 2. The van der Waals surface area contributed by atoms with Crippen LogP contribution in [0.5, 0.6) is 0 Å². The Labute approximate surface area is 143 Å². The van der Waals surface area contributed by atoms with Crippen LogP contribution in [0.4, 0.5) is 4.39 Å². The smallest absolute Gasteiger partial charge is 0.267 e. The molecule has 0 spiro atoms. The maximum absolute atomic E-state index is 13.5. The van der Waals surface area contributed by atoms with Crippen LogP contribution in [-0.2, 0) is 0 Å². The zero-order valence-corrected chi connectivity index (χ0v) is 13.6. The van der Waals surface area contributed by atoms with Crippen LogP contribution < -0.4 is 10.9 Å². The van der Waals surface area contributed by atoms with Gasteiger partial charge in [-0.2, -0.15) is 0 Å². The molecule has 7 heteroatoms. The summed E-state index contributed by atoms with van der Waals surface area (Å²) in [4.78, 5) is 32.9. The third-order valence-electron chi connectivity index (χ3n) is 3.75. The molecule has 0 atom stereocenters. The van der Waals surface area contributed by atoms with Crippen molar-refractivity contribution in [1.29, 1.82) is 0 Å². The lowest BCUT2D eigenvalue weighted by Gasteiger charge is -2.09. The number of benzene rings is 2. The first-order chi connectivity index (χ1) is 12.0. The van der Waals surface area contributed by atoms with Gasteiger partial charge in [0.05, 0.1) is 28.0 Å². The molecular weight excluding hydrogens is 323 g/mol. The summed E-state index contributed by atoms with van der Waals surface area (Å²) >= 11 is 0. The number of carbonyl (C=O) groups is 2. The van der Waals surface area contributed by atoms with Crippen molar-refractivity contribution in [2.24, 2.45) is 0 Å². The summed E-state index contributed by atoms with van der Waals surface area (Å²) in [7, 11) is 0. The van der Waals surface area contributed by atoms with E-state index in [0.717, 1.165) is 11.4 Å². The van der Waals surface area contributed by atoms with Crippen LogP contribution in [0, 0.1) is 19.7 Å². The number of hydrogen-bond donors (Lipinski definition) is 2. The SMILES string of the molecule is Cc1nc2ccc(C(=O)NNC(=O)c3ccccc3F)cc2nc1C. The van der Waals surface area contributed by atoms with Gasteiger partial charge in [-0.1, -0.05) is 12.1 Å². The molecule has 1 aromatic heterocycles. The van der Waals surface area contributed by atoms with Crippen molar-refractivity contribution in [1.82, 2.24) is 20.8 Å². The van der Waals surface area contributed by atoms with E-state index in [1.807, 2.05) is 13.8 Å². The third-order valence-corrected chi connectivity index (χ3v) is 3.75. The standard InChI is InChI=1S/C18H15FN4O2/c1-10-11(2)21-16-9-12(7-8-15(16)20-10)17(24)22-23-18(25)13-5-3-4-6-14(13)19/h3-9H,1-2H3,(H,22,24)(H,23,25). The van der Waals surface area contributed by atoms with Gasteiger partial charge < -0.3 is 0 Å². The summed E-state index contributed by atoms with van der Waals surface area (Å²) in [5, 5.41) is 0. The van der Waals surface area contributed by atoms with E-state index in [4.69, 9.17) is 0 Å². The number of nitrogens with zero attached hydrogens (tertiary/aromatic N) is 2. The highest BCUT2D eigenvalue weighted by atomic mass is 19.1. The van der Waals surface area contributed by atoms with Crippen LogP contribution in [0.2, 0.25) is 0 Å². The number of carbonyl (C=O) groups excluding carboxylic acids is 2. The number of rotatable bonds is 2. The lowest BCUT2D eigenvalue weighted by atomic mass is 10.1. The first-order valence-electron chi connectivity index (χ1n) is 7.56. The molecule has 0 aliphatic heterocycles. The Kier molecular flexibility index (Phi) is 4.38. The predicted octanol–water partition coefficient (Wildman–Crippen LogP) is 2.46. The second kappa shape index (κ2) is 6.64. The maximum atomic E-state index is 13.5. The largest absolute Gasteiger partial charge is 0.272 e. The summed E-state index contributed by atoms with van der Waals surface area (Å²) in [5.41, 5.74) is 7.46. The molecule has 0 aliphatic carbocycles. The number of hydrogen-bond acceptors (Lipinski definition) is 4. The van der Waals surface area contributed by atoms with Gasteiger partial charge in [-0.05, 0) is 44.2 Å². The zero-order chi connectivity index (χ0) is 18.0. The third kappa shape index (κ3) is 3.45. The second-order valence-electron chi connectivity index (χ2n) is 5.49. The summed E-state index contributed by atoms with van der Waals surface area (Å²) < 4.78 is 13.5. The lowest BCUT2D eigenvalue weighted by molar-refractivity contribution is 0.0844. The van der Waals surface area contributed by atoms with Crippen LogP contribution in [0.25, 0.3) is 11.0 Å². The Hall–Kier alpha value is -3.35. The Bertz CT molecular complexity index is 988. The van der Waals surface area contributed by atoms with Gasteiger partial charge in [-0.25, -0.2) is 14.4 Å². The van der Waals surface area contributed by atoms with Crippen molar-refractivity contribution in [2.75, 3.05) is 0 Å². The molecule has 2 N–H and O–H groups in total. The molecule has 1 heterocycles. The number of aromatic nitrogens is 2. The van der Waals surface area contributed by atoms with Gasteiger partial charge in [0.25, 0.3) is 11.8 Å². The van der Waals surface area contributed by atoms with Crippen molar-refractivity contribution >= 4 is 22.8 Å². The van der Waals surface area contributed by atoms with Gasteiger partial charge in [-0.15, -0.1) is 0 Å². The molecule has 25 heavy (non-hydrogen) atoms. The van der Waals surface area contributed by atoms with Crippen molar-refractivity contribution in [2.45, 2.75) is 13.8 Å². The molecule has 0 aliphatic rings. The highest BCUT2D eigenvalue weighted by Crippen LogP contribution is 2.14. The number of amides is 2. The van der Waals surface area contributed by atoms with Crippen LogP contribution in [-0.4, -0.2) is 21.8 Å². The Morgan fingerprint density at radius 3 is 2.24 bits per heavy atom. The van der Waals surface area contributed by atoms with Crippen LogP contribution in [0.15, 0.2) is 42.5 Å². The highest BCUT2D eigenvalue weighted by Gasteiger charge is 2.13. The van der Waals surface area contributed by atoms with Crippen molar-refractivity contribution < 1.29 is 14.0 Å².